The van der Waals surface area contributed by atoms with Crippen LogP contribution in [0.25, 0.3) is 10.9 Å². The Morgan fingerprint density at radius 3 is 2.79 bits per heavy atom. The average Bonchev–Trinajstić information content (AvgIpc) is 3.09. The van der Waals surface area contributed by atoms with Gasteiger partial charge in [-0.1, -0.05) is 48.5 Å². The van der Waals surface area contributed by atoms with Crippen molar-refractivity contribution >= 4 is 16.9 Å². The molecule has 3 aromatic rings. The number of hydrogen-bond donors (Lipinski definition) is 1. The Kier molecular flexibility index (Phi) is 6.10. The van der Waals surface area contributed by atoms with E-state index in [0.29, 0.717) is 26.2 Å². The highest BCUT2D eigenvalue weighted by atomic mass is 16.5. The molecule has 29 heavy (non-hydrogen) atoms. The van der Waals surface area contributed by atoms with Crippen molar-refractivity contribution < 1.29 is 9.53 Å². The van der Waals surface area contributed by atoms with Gasteiger partial charge < -0.3 is 15.0 Å². The number of carbonyl (C=O) groups is 1. The molecule has 152 valence electrons. The van der Waals surface area contributed by atoms with Gasteiger partial charge >= 0.3 is 6.03 Å². The number of ether oxygens (including phenoxy) is 1. The molecule has 1 aliphatic heterocycles. The number of nitrogens with one attached hydrogen (secondary N) is 1. The van der Waals surface area contributed by atoms with Crippen molar-refractivity contribution in [2.24, 2.45) is 7.05 Å². The largest absolute Gasteiger partial charge is 0.375 e. The first-order chi connectivity index (χ1) is 14.2. The summed E-state index contributed by atoms with van der Waals surface area (Å²) in [5, 5.41) is 8.80. The lowest BCUT2D eigenvalue weighted by atomic mass is 10.1. The van der Waals surface area contributed by atoms with E-state index in [9.17, 15) is 4.79 Å². The average molecular weight is 393 g/mol. The van der Waals surface area contributed by atoms with Gasteiger partial charge in [-0.2, -0.15) is 5.10 Å². The number of amides is 2. The lowest BCUT2D eigenvalue weighted by Gasteiger charge is -2.33. The molecular weight excluding hydrogens is 364 g/mol. The molecule has 4 rings (SSSR count). The maximum absolute atomic E-state index is 12.6. The first-order valence-electron chi connectivity index (χ1n) is 10.3. The van der Waals surface area contributed by atoms with Gasteiger partial charge in [0.15, 0.2) is 0 Å². The van der Waals surface area contributed by atoms with E-state index in [1.165, 1.54) is 5.56 Å². The lowest BCUT2D eigenvalue weighted by Crippen LogP contribution is -2.50. The molecule has 1 unspecified atom stereocenters. The molecule has 1 saturated heterocycles. The summed E-state index contributed by atoms with van der Waals surface area (Å²) in [4.78, 5) is 14.5. The second-order valence-corrected chi connectivity index (χ2v) is 7.53. The van der Waals surface area contributed by atoms with Crippen LogP contribution in [0, 0.1) is 0 Å². The van der Waals surface area contributed by atoms with Crippen molar-refractivity contribution in [1.82, 2.24) is 20.0 Å². The highest BCUT2D eigenvalue weighted by Gasteiger charge is 2.24. The fourth-order valence-electron chi connectivity index (χ4n) is 3.92. The Labute approximate surface area is 171 Å². The number of hydrogen-bond acceptors (Lipinski definition) is 3. The SMILES string of the molecule is Cn1nc(CCNC(=O)N2CCOC(CCc3ccccc3)C2)c2ccccc21. The maximum atomic E-state index is 12.6. The zero-order chi connectivity index (χ0) is 20.1. The quantitative estimate of drug-likeness (QED) is 0.701. The fourth-order valence-corrected chi connectivity index (χ4v) is 3.92. The molecule has 1 aliphatic rings. The topological polar surface area (TPSA) is 59.4 Å². The molecule has 2 heterocycles. The van der Waals surface area contributed by atoms with Gasteiger partial charge in [-0.15, -0.1) is 0 Å². The van der Waals surface area contributed by atoms with Crippen molar-refractivity contribution in [3.05, 3.63) is 65.9 Å². The van der Waals surface area contributed by atoms with Crippen LogP contribution in [0.1, 0.15) is 17.7 Å². The van der Waals surface area contributed by atoms with Crippen LogP contribution < -0.4 is 5.32 Å². The van der Waals surface area contributed by atoms with E-state index in [-0.39, 0.29) is 12.1 Å². The summed E-state index contributed by atoms with van der Waals surface area (Å²) in [6, 6.07) is 18.6. The third-order valence-electron chi connectivity index (χ3n) is 5.50. The van der Waals surface area contributed by atoms with Crippen LogP contribution in [0.3, 0.4) is 0 Å². The number of para-hydroxylation sites is 1. The number of aryl methyl sites for hydroxylation is 2. The Hall–Kier alpha value is -2.86. The van der Waals surface area contributed by atoms with Gasteiger partial charge in [0, 0.05) is 38.5 Å². The number of morpholine rings is 1. The molecule has 0 spiro atoms. The Balaban J connectivity index is 1.26. The molecule has 6 nitrogen and oxygen atoms in total. The highest BCUT2D eigenvalue weighted by molar-refractivity contribution is 5.82. The van der Waals surface area contributed by atoms with Crippen LogP contribution in [-0.2, 0) is 24.6 Å². The van der Waals surface area contributed by atoms with Gasteiger partial charge in [-0.3, -0.25) is 4.68 Å². The first-order valence-corrected chi connectivity index (χ1v) is 10.3. The molecule has 1 aromatic heterocycles. The smallest absolute Gasteiger partial charge is 0.317 e. The summed E-state index contributed by atoms with van der Waals surface area (Å²) >= 11 is 0. The predicted molar refractivity (Wildman–Crippen MR) is 114 cm³/mol. The molecule has 2 aromatic carbocycles. The molecule has 2 amide bonds. The monoisotopic (exact) mass is 392 g/mol. The van der Waals surface area contributed by atoms with Crippen molar-refractivity contribution in [3.63, 3.8) is 0 Å². The molecule has 6 heteroatoms. The third kappa shape index (κ3) is 4.77. The van der Waals surface area contributed by atoms with Gasteiger partial charge in [-0.05, 0) is 24.5 Å². The number of carbonyl (C=O) groups excluding carboxylic acids is 1. The normalized spacial score (nSPS) is 16.9. The Morgan fingerprint density at radius 1 is 1.14 bits per heavy atom. The number of nitrogens with zero attached hydrogens (tertiary/aromatic N) is 3. The van der Waals surface area contributed by atoms with Crippen molar-refractivity contribution in [2.45, 2.75) is 25.4 Å². The zero-order valence-corrected chi connectivity index (χ0v) is 16.9. The fraction of sp³-hybridized carbons (Fsp3) is 0.391. The summed E-state index contributed by atoms with van der Waals surface area (Å²) in [5.74, 6) is 0. The number of fused-ring (bicyclic) bond motifs is 1. The van der Waals surface area contributed by atoms with E-state index in [1.54, 1.807) is 0 Å². The molecule has 0 saturated carbocycles. The Bertz CT molecular complexity index is 954. The van der Waals surface area contributed by atoms with Crippen molar-refractivity contribution in [1.29, 1.82) is 0 Å². The molecule has 1 fully saturated rings. The second-order valence-electron chi connectivity index (χ2n) is 7.53. The predicted octanol–water partition coefficient (Wildman–Crippen LogP) is 3.16. The zero-order valence-electron chi connectivity index (χ0n) is 16.9. The summed E-state index contributed by atoms with van der Waals surface area (Å²) in [5.41, 5.74) is 3.44. The van der Waals surface area contributed by atoms with Gasteiger partial charge in [0.25, 0.3) is 0 Å². The van der Waals surface area contributed by atoms with Crippen LogP contribution in [0.5, 0.6) is 0 Å². The van der Waals surface area contributed by atoms with E-state index in [1.807, 2.05) is 34.8 Å². The molecule has 0 radical (unpaired) electrons. The Morgan fingerprint density at radius 2 is 1.93 bits per heavy atom. The standard InChI is InChI=1S/C23H28N4O2/c1-26-22-10-6-5-9-20(22)21(25-26)13-14-24-23(28)27-15-16-29-19(17-27)12-11-18-7-3-2-4-8-18/h2-10,19H,11-17H2,1H3,(H,24,28). The molecule has 1 N–H and O–H groups in total. The number of benzene rings is 2. The van der Waals surface area contributed by atoms with Crippen molar-refractivity contribution in [2.75, 3.05) is 26.2 Å². The van der Waals surface area contributed by atoms with Gasteiger partial charge in [0.05, 0.1) is 23.9 Å². The molecular formula is C23H28N4O2. The minimum absolute atomic E-state index is 0.0155. The second kappa shape index (κ2) is 9.09. The summed E-state index contributed by atoms with van der Waals surface area (Å²) < 4.78 is 7.77. The number of urea groups is 1. The van der Waals surface area contributed by atoms with E-state index in [2.05, 4.69) is 46.8 Å². The van der Waals surface area contributed by atoms with Crippen LogP contribution >= 0.6 is 0 Å². The first kappa shape index (κ1) is 19.5. The van der Waals surface area contributed by atoms with E-state index < -0.39 is 0 Å². The van der Waals surface area contributed by atoms with E-state index in [4.69, 9.17) is 4.74 Å². The minimum Gasteiger partial charge on any atom is -0.375 e. The van der Waals surface area contributed by atoms with Crippen molar-refractivity contribution in [3.8, 4) is 0 Å². The van der Waals surface area contributed by atoms with Crippen LogP contribution in [0.2, 0.25) is 0 Å². The third-order valence-corrected chi connectivity index (χ3v) is 5.50. The van der Waals surface area contributed by atoms with E-state index >= 15 is 0 Å². The maximum Gasteiger partial charge on any atom is 0.317 e. The molecule has 0 aliphatic carbocycles. The van der Waals surface area contributed by atoms with Gasteiger partial charge in [0.1, 0.15) is 0 Å². The number of rotatable bonds is 6. The summed E-state index contributed by atoms with van der Waals surface area (Å²) in [6.07, 6.45) is 2.70. The summed E-state index contributed by atoms with van der Waals surface area (Å²) in [7, 11) is 1.95. The molecule has 1 atom stereocenters. The highest BCUT2D eigenvalue weighted by Crippen LogP contribution is 2.17. The van der Waals surface area contributed by atoms with Crippen LogP contribution in [0.4, 0.5) is 4.79 Å². The lowest BCUT2D eigenvalue weighted by molar-refractivity contribution is -0.0175. The molecule has 0 bridgehead atoms. The minimum atomic E-state index is -0.0155. The van der Waals surface area contributed by atoms with Gasteiger partial charge in [0.2, 0.25) is 0 Å². The van der Waals surface area contributed by atoms with Crippen LogP contribution in [0.15, 0.2) is 54.6 Å². The van der Waals surface area contributed by atoms with Gasteiger partial charge in [-0.25, -0.2) is 4.79 Å². The van der Waals surface area contributed by atoms with Crippen LogP contribution in [-0.4, -0.2) is 53.1 Å². The summed E-state index contributed by atoms with van der Waals surface area (Å²) in [6.45, 7) is 2.45. The number of aromatic nitrogens is 2. The van der Waals surface area contributed by atoms with E-state index in [0.717, 1.165) is 35.9 Å².